The average molecular weight is 249 g/mol. The molecule has 0 aliphatic carbocycles. The number of nitrogens with one attached hydrogen (secondary N) is 1. The maximum absolute atomic E-state index is 11.4. The summed E-state index contributed by atoms with van der Waals surface area (Å²) in [6.07, 6.45) is 1.39. The molecule has 0 saturated heterocycles. The van der Waals surface area contributed by atoms with Crippen LogP contribution >= 0.6 is 0 Å². The van der Waals surface area contributed by atoms with E-state index in [1.807, 2.05) is 0 Å². The van der Waals surface area contributed by atoms with E-state index in [1.165, 1.54) is 0 Å². The van der Waals surface area contributed by atoms with Gasteiger partial charge in [0.05, 0.1) is 6.42 Å². The summed E-state index contributed by atoms with van der Waals surface area (Å²) in [6, 6.07) is 6.88. The molecule has 0 unspecified atom stereocenters. The van der Waals surface area contributed by atoms with Crippen molar-refractivity contribution in [3.05, 3.63) is 36.9 Å². The molecule has 2 N–H and O–H groups in total. The maximum Gasteiger partial charge on any atom is 0.303 e. The largest absolute Gasteiger partial charge is 0.489 e. The van der Waals surface area contributed by atoms with Gasteiger partial charge in [0.25, 0.3) is 0 Å². The predicted octanol–water partition coefficient (Wildman–Crippen LogP) is 2.05. The standard InChI is InChI=1S/C13H15NO4/c1-2-8-18-11-5-3-4-10(9-11)14-12(15)6-7-13(16)17/h2-5,9H,1,6-8H2,(H,14,15)(H,16,17). The van der Waals surface area contributed by atoms with Crippen LogP contribution in [0.3, 0.4) is 0 Å². The van der Waals surface area contributed by atoms with Gasteiger partial charge in [-0.15, -0.1) is 0 Å². The zero-order valence-corrected chi connectivity index (χ0v) is 9.89. The Balaban J connectivity index is 2.53. The van der Waals surface area contributed by atoms with Crippen molar-refractivity contribution in [2.24, 2.45) is 0 Å². The minimum atomic E-state index is -0.992. The molecule has 0 atom stereocenters. The molecule has 0 bridgehead atoms. The van der Waals surface area contributed by atoms with Gasteiger partial charge in [0.2, 0.25) is 5.91 Å². The van der Waals surface area contributed by atoms with Crippen LogP contribution in [-0.2, 0) is 9.59 Å². The van der Waals surface area contributed by atoms with Crippen LogP contribution in [0.5, 0.6) is 5.75 Å². The smallest absolute Gasteiger partial charge is 0.303 e. The zero-order chi connectivity index (χ0) is 13.4. The molecule has 0 aromatic heterocycles. The highest BCUT2D eigenvalue weighted by Crippen LogP contribution is 2.17. The van der Waals surface area contributed by atoms with Gasteiger partial charge in [-0.3, -0.25) is 9.59 Å². The van der Waals surface area contributed by atoms with E-state index in [9.17, 15) is 9.59 Å². The number of anilines is 1. The molecule has 5 heteroatoms. The fraction of sp³-hybridized carbons (Fsp3) is 0.231. The Hall–Kier alpha value is -2.30. The Morgan fingerprint density at radius 1 is 1.39 bits per heavy atom. The number of amides is 1. The first-order valence-corrected chi connectivity index (χ1v) is 5.47. The summed E-state index contributed by atoms with van der Waals surface area (Å²) < 4.78 is 5.31. The number of hydrogen-bond acceptors (Lipinski definition) is 3. The third-order valence-electron chi connectivity index (χ3n) is 2.05. The first kappa shape index (κ1) is 13.8. The maximum atomic E-state index is 11.4. The van der Waals surface area contributed by atoms with Gasteiger partial charge in [-0.2, -0.15) is 0 Å². The van der Waals surface area contributed by atoms with E-state index in [0.29, 0.717) is 18.0 Å². The molecule has 0 aliphatic rings. The van der Waals surface area contributed by atoms with Gasteiger partial charge in [-0.1, -0.05) is 18.7 Å². The number of rotatable bonds is 7. The second kappa shape index (κ2) is 7.11. The van der Waals surface area contributed by atoms with Crippen molar-refractivity contribution >= 4 is 17.6 Å². The third kappa shape index (κ3) is 5.16. The van der Waals surface area contributed by atoms with Crippen LogP contribution in [0, 0.1) is 0 Å². The van der Waals surface area contributed by atoms with Crippen LogP contribution in [0.2, 0.25) is 0 Å². The fourth-order valence-corrected chi connectivity index (χ4v) is 1.26. The number of carbonyl (C=O) groups excluding carboxylic acids is 1. The number of carbonyl (C=O) groups is 2. The van der Waals surface area contributed by atoms with Crippen molar-refractivity contribution in [1.82, 2.24) is 0 Å². The summed E-state index contributed by atoms with van der Waals surface area (Å²) >= 11 is 0. The van der Waals surface area contributed by atoms with E-state index in [0.717, 1.165) is 0 Å². The second-order valence-electron chi connectivity index (χ2n) is 3.57. The van der Waals surface area contributed by atoms with E-state index in [2.05, 4.69) is 11.9 Å². The van der Waals surface area contributed by atoms with E-state index >= 15 is 0 Å². The number of benzene rings is 1. The van der Waals surface area contributed by atoms with Crippen molar-refractivity contribution in [3.63, 3.8) is 0 Å². The van der Waals surface area contributed by atoms with Crippen LogP contribution < -0.4 is 10.1 Å². The molecule has 0 fully saturated rings. The summed E-state index contributed by atoms with van der Waals surface area (Å²) in [5.41, 5.74) is 0.576. The van der Waals surface area contributed by atoms with Crippen LogP contribution in [0.15, 0.2) is 36.9 Å². The van der Waals surface area contributed by atoms with Gasteiger partial charge < -0.3 is 15.2 Å². The molecule has 1 aromatic carbocycles. The van der Waals surface area contributed by atoms with Crippen LogP contribution in [0.4, 0.5) is 5.69 Å². The molecule has 0 spiro atoms. The topological polar surface area (TPSA) is 75.6 Å². The van der Waals surface area contributed by atoms with Gasteiger partial charge in [-0.05, 0) is 12.1 Å². The first-order chi connectivity index (χ1) is 8.61. The fourth-order valence-electron chi connectivity index (χ4n) is 1.26. The van der Waals surface area contributed by atoms with Crippen LogP contribution in [0.1, 0.15) is 12.8 Å². The quantitative estimate of drug-likeness (QED) is 0.725. The molecular weight excluding hydrogens is 234 g/mol. The Bertz CT molecular complexity index is 442. The van der Waals surface area contributed by atoms with Crippen molar-refractivity contribution in [2.75, 3.05) is 11.9 Å². The molecule has 0 saturated carbocycles. The average Bonchev–Trinajstić information content (AvgIpc) is 2.34. The van der Waals surface area contributed by atoms with Gasteiger partial charge in [-0.25, -0.2) is 0 Å². The molecule has 1 amide bonds. The van der Waals surface area contributed by atoms with E-state index < -0.39 is 5.97 Å². The summed E-state index contributed by atoms with van der Waals surface area (Å²) in [6.45, 7) is 3.92. The Morgan fingerprint density at radius 3 is 2.83 bits per heavy atom. The molecule has 0 radical (unpaired) electrons. The summed E-state index contributed by atoms with van der Waals surface area (Å²) in [4.78, 5) is 21.7. The van der Waals surface area contributed by atoms with Gasteiger partial charge >= 0.3 is 5.97 Å². The van der Waals surface area contributed by atoms with Crippen molar-refractivity contribution in [2.45, 2.75) is 12.8 Å². The Morgan fingerprint density at radius 2 is 2.17 bits per heavy atom. The Labute approximate surface area is 105 Å². The van der Waals surface area contributed by atoms with Crippen LogP contribution in [-0.4, -0.2) is 23.6 Å². The molecule has 18 heavy (non-hydrogen) atoms. The lowest BCUT2D eigenvalue weighted by molar-refractivity contribution is -0.138. The number of aliphatic carboxylic acids is 1. The highest BCUT2D eigenvalue weighted by atomic mass is 16.5. The SMILES string of the molecule is C=CCOc1cccc(NC(=O)CCC(=O)O)c1. The van der Waals surface area contributed by atoms with E-state index in [-0.39, 0.29) is 18.7 Å². The third-order valence-corrected chi connectivity index (χ3v) is 2.05. The molecule has 1 rings (SSSR count). The van der Waals surface area contributed by atoms with Crippen LogP contribution in [0.25, 0.3) is 0 Å². The summed E-state index contributed by atoms with van der Waals surface area (Å²) in [5, 5.41) is 11.1. The molecule has 1 aromatic rings. The Kier molecular flexibility index (Phi) is 5.44. The van der Waals surface area contributed by atoms with Gasteiger partial charge in [0.15, 0.2) is 0 Å². The second-order valence-corrected chi connectivity index (χ2v) is 3.57. The minimum absolute atomic E-state index is 0.0485. The van der Waals surface area contributed by atoms with E-state index in [4.69, 9.17) is 9.84 Å². The zero-order valence-electron chi connectivity index (χ0n) is 9.89. The van der Waals surface area contributed by atoms with Gasteiger partial charge in [0.1, 0.15) is 12.4 Å². The lowest BCUT2D eigenvalue weighted by atomic mass is 10.2. The minimum Gasteiger partial charge on any atom is -0.489 e. The van der Waals surface area contributed by atoms with Crippen molar-refractivity contribution in [1.29, 1.82) is 0 Å². The highest BCUT2D eigenvalue weighted by Gasteiger charge is 2.06. The monoisotopic (exact) mass is 249 g/mol. The number of hydrogen-bond donors (Lipinski definition) is 2. The lowest BCUT2D eigenvalue weighted by Gasteiger charge is -2.07. The molecular formula is C13H15NO4. The summed E-state index contributed by atoms with van der Waals surface area (Å²) in [5.74, 6) is -0.711. The van der Waals surface area contributed by atoms with Crippen molar-refractivity contribution < 1.29 is 19.4 Å². The highest BCUT2D eigenvalue weighted by molar-refractivity contribution is 5.92. The first-order valence-electron chi connectivity index (χ1n) is 5.47. The number of carboxylic acids is 1. The lowest BCUT2D eigenvalue weighted by Crippen LogP contribution is -2.13. The summed E-state index contributed by atoms with van der Waals surface area (Å²) in [7, 11) is 0. The number of ether oxygens (including phenoxy) is 1. The normalized spacial score (nSPS) is 9.56. The van der Waals surface area contributed by atoms with E-state index in [1.54, 1.807) is 30.3 Å². The molecule has 96 valence electrons. The molecule has 5 nitrogen and oxygen atoms in total. The van der Waals surface area contributed by atoms with Gasteiger partial charge in [0, 0.05) is 18.2 Å². The predicted molar refractivity (Wildman–Crippen MR) is 67.6 cm³/mol. The molecule has 0 heterocycles. The van der Waals surface area contributed by atoms with Crippen molar-refractivity contribution in [3.8, 4) is 5.75 Å². The molecule has 0 aliphatic heterocycles. The number of carboxylic acid groups (broad SMARTS) is 1.